The number of sulfonamides is 1. The number of nitrogens with one attached hydrogen (secondary N) is 1. The highest BCUT2D eigenvalue weighted by atomic mass is 32.2. The zero-order valence-electron chi connectivity index (χ0n) is 21.0. The first-order valence-electron chi connectivity index (χ1n) is 12.2. The molecule has 4 rings (SSSR count). The molecule has 1 aliphatic rings. The topological polar surface area (TPSA) is 66.5 Å². The summed E-state index contributed by atoms with van der Waals surface area (Å²) in [4.78, 5) is 13.4. The fraction of sp³-hybridized carbons (Fsp3) is 0.345. The Hall–Kier alpha value is -3.12. The van der Waals surface area contributed by atoms with E-state index < -0.39 is 10.0 Å². The molecular weight excluding hydrogens is 456 g/mol. The van der Waals surface area contributed by atoms with Gasteiger partial charge in [-0.05, 0) is 93.8 Å². The van der Waals surface area contributed by atoms with Crippen molar-refractivity contribution < 1.29 is 13.2 Å². The maximum absolute atomic E-state index is 13.7. The monoisotopic (exact) mass is 490 g/mol. The maximum Gasteiger partial charge on any atom is 0.264 e. The highest BCUT2D eigenvalue weighted by Crippen LogP contribution is 2.28. The molecule has 184 valence electrons. The number of fused-ring (bicyclic) bond motifs is 1. The van der Waals surface area contributed by atoms with Gasteiger partial charge in [0.2, 0.25) is 5.91 Å². The van der Waals surface area contributed by atoms with Crippen LogP contribution in [0, 0.1) is 20.8 Å². The van der Waals surface area contributed by atoms with Crippen LogP contribution in [-0.4, -0.2) is 20.9 Å². The van der Waals surface area contributed by atoms with Gasteiger partial charge in [0.25, 0.3) is 10.0 Å². The van der Waals surface area contributed by atoms with Gasteiger partial charge in [0, 0.05) is 0 Å². The molecule has 0 heterocycles. The van der Waals surface area contributed by atoms with E-state index in [4.69, 9.17) is 0 Å². The van der Waals surface area contributed by atoms with Gasteiger partial charge in [-0.25, -0.2) is 8.42 Å². The molecule has 0 radical (unpaired) electrons. The molecule has 0 spiro atoms. The van der Waals surface area contributed by atoms with Gasteiger partial charge in [-0.3, -0.25) is 9.10 Å². The van der Waals surface area contributed by atoms with Gasteiger partial charge in [0.15, 0.2) is 0 Å². The molecule has 1 aliphatic carbocycles. The van der Waals surface area contributed by atoms with E-state index in [9.17, 15) is 13.2 Å². The smallest absolute Gasteiger partial charge is 0.264 e. The van der Waals surface area contributed by atoms with E-state index in [0.717, 1.165) is 35.1 Å². The number of hydrogen-bond acceptors (Lipinski definition) is 3. The van der Waals surface area contributed by atoms with E-state index in [2.05, 4.69) is 23.5 Å². The molecule has 5 nitrogen and oxygen atoms in total. The number of nitrogens with zero attached hydrogens (tertiary/aromatic N) is 1. The van der Waals surface area contributed by atoms with Crippen molar-refractivity contribution in [3.05, 3.63) is 94.0 Å². The molecule has 35 heavy (non-hydrogen) atoms. The minimum atomic E-state index is -3.94. The number of carbonyl (C=O) groups is 1. The second kappa shape index (κ2) is 10.2. The summed E-state index contributed by atoms with van der Waals surface area (Å²) in [5, 5.41) is 3.02. The summed E-state index contributed by atoms with van der Waals surface area (Å²) >= 11 is 0. The lowest BCUT2D eigenvalue weighted by Gasteiger charge is -2.27. The molecule has 0 bridgehead atoms. The molecule has 1 atom stereocenters. The largest absolute Gasteiger partial charge is 0.348 e. The van der Waals surface area contributed by atoms with E-state index in [1.807, 2.05) is 39.8 Å². The Morgan fingerprint density at radius 1 is 0.886 bits per heavy atom. The SMILES string of the molecule is Cc1ccc(S(=O)(=O)N(CC(=O)NC(C)c2ccc3c(c2)CCCC3)c2ccc(C)cc2C)cc1. The molecular formula is C29H34N2O3S. The number of amides is 1. The summed E-state index contributed by atoms with van der Waals surface area (Å²) in [6.45, 7) is 7.39. The fourth-order valence-electron chi connectivity index (χ4n) is 4.75. The van der Waals surface area contributed by atoms with E-state index in [1.54, 1.807) is 30.3 Å². The molecule has 1 amide bonds. The Balaban J connectivity index is 1.60. The van der Waals surface area contributed by atoms with Crippen LogP contribution in [0.25, 0.3) is 0 Å². The Morgan fingerprint density at radius 3 is 2.23 bits per heavy atom. The van der Waals surface area contributed by atoms with Crippen LogP contribution in [0.15, 0.2) is 65.6 Å². The van der Waals surface area contributed by atoms with Gasteiger partial charge < -0.3 is 5.32 Å². The van der Waals surface area contributed by atoms with Crippen LogP contribution >= 0.6 is 0 Å². The summed E-state index contributed by atoms with van der Waals surface area (Å²) in [5.74, 6) is -0.342. The highest BCUT2D eigenvalue weighted by Gasteiger charge is 2.29. The second-order valence-corrected chi connectivity index (χ2v) is 11.5. The lowest BCUT2D eigenvalue weighted by atomic mass is 9.89. The van der Waals surface area contributed by atoms with Crippen LogP contribution in [0.3, 0.4) is 0 Å². The van der Waals surface area contributed by atoms with Crippen molar-refractivity contribution in [3.8, 4) is 0 Å². The highest BCUT2D eigenvalue weighted by molar-refractivity contribution is 7.92. The number of hydrogen-bond donors (Lipinski definition) is 1. The van der Waals surface area contributed by atoms with Crippen LogP contribution < -0.4 is 9.62 Å². The fourth-order valence-corrected chi connectivity index (χ4v) is 6.23. The van der Waals surface area contributed by atoms with Gasteiger partial charge in [-0.15, -0.1) is 0 Å². The Bertz CT molecular complexity index is 1330. The first-order chi connectivity index (χ1) is 16.6. The van der Waals surface area contributed by atoms with Gasteiger partial charge in [0.1, 0.15) is 6.54 Å². The van der Waals surface area contributed by atoms with E-state index >= 15 is 0 Å². The zero-order chi connectivity index (χ0) is 25.2. The third-order valence-electron chi connectivity index (χ3n) is 6.77. The number of benzene rings is 3. The van der Waals surface area contributed by atoms with Crippen molar-refractivity contribution in [1.82, 2.24) is 5.32 Å². The normalized spacial score (nSPS) is 14.2. The van der Waals surface area contributed by atoms with E-state index in [-0.39, 0.29) is 23.4 Å². The van der Waals surface area contributed by atoms with Crippen molar-refractivity contribution in [2.75, 3.05) is 10.8 Å². The third kappa shape index (κ3) is 5.59. The van der Waals surface area contributed by atoms with Crippen LogP contribution in [0.1, 0.15) is 59.2 Å². The molecule has 1 N–H and O–H groups in total. The predicted molar refractivity (Wildman–Crippen MR) is 141 cm³/mol. The summed E-state index contributed by atoms with van der Waals surface area (Å²) in [6.07, 6.45) is 4.60. The van der Waals surface area contributed by atoms with Crippen LogP contribution in [0.2, 0.25) is 0 Å². The molecule has 1 unspecified atom stereocenters. The predicted octanol–water partition coefficient (Wildman–Crippen LogP) is 5.56. The maximum atomic E-state index is 13.7. The number of aryl methyl sites for hydroxylation is 5. The summed E-state index contributed by atoms with van der Waals surface area (Å²) in [5.41, 5.74) is 7.10. The minimum absolute atomic E-state index is 0.165. The number of carbonyl (C=O) groups excluding carboxylic acids is 1. The van der Waals surface area contributed by atoms with Crippen molar-refractivity contribution in [3.63, 3.8) is 0 Å². The number of rotatable bonds is 7. The van der Waals surface area contributed by atoms with E-state index in [0.29, 0.717) is 5.69 Å². The van der Waals surface area contributed by atoms with Crippen molar-refractivity contribution in [2.45, 2.75) is 64.3 Å². The summed E-state index contributed by atoms with van der Waals surface area (Å²) in [7, 11) is -3.94. The Kier molecular flexibility index (Phi) is 7.31. The van der Waals surface area contributed by atoms with Crippen molar-refractivity contribution in [2.24, 2.45) is 0 Å². The van der Waals surface area contributed by atoms with Crippen LogP contribution in [-0.2, 0) is 27.7 Å². The lowest BCUT2D eigenvalue weighted by molar-refractivity contribution is -0.120. The molecule has 0 fully saturated rings. The molecule has 6 heteroatoms. The first-order valence-corrected chi connectivity index (χ1v) is 13.7. The zero-order valence-corrected chi connectivity index (χ0v) is 21.8. The first kappa shape index (κ1) is 25.0. The number of anilines is 1. The molecule has 0 aromatic heterocycles. The molecule has 0 saturated heterocycles. The molecule has 3 aromatic rings. The average molecular weight is 491 g/mol. The van der Waals surface area contributed by atoms with Gasteiger partial charge in [-0.2, -0.15) is 0 Å². The molecule has 0 aliphatic heterocycles. The van der Waals surface area contributed by atoms with Gasteiger partial charge in [-0.1, -0.05) is 53.6 Å². The molecule has 3 aromatic carbocycles. The summed E-state index contributed by atoms with van der Waals surface area (Å²) < 4.78 is 28.6. The Labute approximate surface area is 209 Å². The lowest BCUT2D eigenvalue weighted by Crippen LogP contribution is -2.42. The Morgan fingerprint density at radius 2 is 1.54 bits per heavy atom. The van der Waals surface area contributed by atoms with E-state index in [1.165, 1.54) is 28.3 Å². The second-order valence-electron chi connectivity index (χ2n) is 9.64. The minimum Gasteiger partial charge on any atom is -0.348 e. The van der Waals surface area contributed by atoms with Gasteiger partial charge >= 0.3 is 0 Å². The van der Waals surface area contributed by atoms with Crippen molar-refractivity contribution in [1.29, 1.82) is 0 Å². The van der Waals surface area contributed by atoms with Gasteiger partial charge in [0.05, 0.1) is 16.6 Å². The average Bonchev–Trinajstić information content (AvgIpc) is 2.83. The van der Waals surface area contributed by atoms with Crippen molar-refractivity contribution >= 4 is 21.6 Å². The summed E-state index contributed by atoms with van der Waals surface area (Å²) in [6, 6.07) is 18.5. The standard InChI is InChI=1S/C29H34N2O3S/c1-20-9-14-27(15-10-20)35(33,34)31(28-16-11-21(2)17-22(28)3)19-29(32)30-23(4)25-13-12-24-7-5-6-8-26(24)18-25/h9-18,23H,5-8,19H2,1-4H3,(H,30,32). The van der Waals surface area contributed by atoms with Crippen LogP contribution in [0.5, 0.6) is 0 Å². The molecule has 0 saturated carbocycles. The third-order valence-corrected chi connectivity index (χ3v) is 8.54. The van der Waals surface area contributed by atoms with Crippen LogP contribution in [0.4, 0.5) is 5.69 Å². The quantitative estimate of drug-likeness (QED) is 0.471.